The topological polar surface area (TPSA) is 75.6 Å². The molecule has 2 N–H and O–H groups in total. The number of nitrogens with one attached hydrogen (secondary N) is 1. The fourth-order valence-electron chi connectivity index (χ4n) is 1.48. The van der Waals surface area contributed by atoms with Crippen LogP contribution in [0.4, 0.5) is 10.5 Å². The number of rotatable bonds is 4. The lowest BCUT2D eigenvalue weighted by molar-refractivity contribution is 0.0703. The summed E-state index contributed by atoms with van der Waals surface area (Å²) in [5, 5.41) is 11.3. The first-order valence-corrected chi connectivity index (χ1v) is 6.76. The average Bonchev–Trinajstić information content (AvgIpc) is 2.79. The number of thiophene rings is 1. The van der Waals surface area contributed by atoms with Crippen molar-refractivity contribution in [3.63, 3.8) is 0 Å². The van der Waals surface area contributed by atoms with Crippen LogP contribution in [0, 0.1) is 0 Å². The second-order valence-corrected chi connectivity index (χ2v) is 5.47. The Morgan fingerprint density at radius 3 is 2.65 bits per heavy atom. The van der Waals surface area contributed by atoms with E-state index >= 15 is 0 Å². The van der Waals surface area contributed by atoms with Gasteiger partial charge in [-0.3, -0.25) is 5.32 Å². The van der Waals surface area contributed by atoms with E-state index in [0.717, 1.165) is 16.9 Å². The van der Waals surface area contributed by atoms with Crippen LogP contribution in [0.25, 0.3) is 0 Å². The summed E-state index contributed by atoms with van der Waals surface area (Å²) in [6.07, 6.45) is -0.731. The molecule has 0 unspecified atom stereocenters. The molecule has 2 aromatic rings. The molecular formula is C13H10ClNO4S. The zero-order chi connectivity index (χ0) is 14.5. The van der Waals surface area contributed by atoms with E-state index in [-0.39, 0.29) is 21.5 Å². The van der Waals surface area contributed by atoms with E-state index in [1.54, 1.807) is 0 Å². The highest BCUT2D eigenvalue weighted by atomic mass is 35.5. The van der Waals surface area contributed by atoms with Crippen molar-refractivity contribution in [2.24, 2.45) is 0 Å². The highest BCUT2D eigenvalue weighted by Gasteiger charge is 2.17. The van der Waals surface area contributed by atoms with Crippen LogP contribution >= 0.6 is 22.9 Å². The van der Waals surface area contributed by atoms with E-state index in [0.29, 0.717) is 0 Å². The quantitative estimate of drug-likeness (QED) is 0.899. The van der Waals surface area contributed by atoms with Gasteiger partial charge in [-0.2, -0.15) is 0 Å². The van der Waals surface area contributed by atoms with Gasteiger partial charge in [-0.1, -0.05) is 41.9 Å². The molecule has 0 aliphatic carbocycles. The Kier molecular flexibility index (Phi) is 4.60. The molecule has 0 aliphatic rings. The minimum atomic E-state index is -1.15. The van der Waals surface area contributed by atoms with Gasteiger partial charge in [0.2, 0.25) is 0 Å². The molecule has 0 bridgehead atoms. The number of benzene rings is 1. The molecule has 0 saturated carbocycles. The largest absolute Gasteiger partial charge is 0.477 e. The minimum Gasteiger partial charge on any atom is -0.477 e. The number of carbonyl (C=O) groups excluding carboxylic acids is 1. The first-order chi connectivity index (χ1) is 9.56. The van der Waals surface area contributed by atoms with Crippen LogP contribution in [-0.2, 0) is 11.3 Å². The number of anilines is 1. The molecule has 1 aromatic carbocycles. The normalized spacial score (nSPS) is 10.1. The Morgan fingerprint density at radius 2 is 2.00 bits per heavy atom. The van der Waals surface area contributed by atoms with Crippen molar-refractivity contribution < 1.29 is 19.4 Å². The third kappa shape index (κ3) is 3.72. The number of hydrogen-bond donors (Lipinski definition) is 2. The van der Waals surface area contributed by atoms with Crippen molar-refractivity contribution in [2.75, 3.05) is 5.32 Å². The maximum atomic E-state index is 11.6. The zero-order valence-corrected chi connectivity index (χ0v) is 11.7. The van der Waals surface area contributed by atoms with Gasteiger partial charge in [0.1, 0.15) is 11.5 Å². The predicted octanol–water partition coefficient (Wildman–Crippen LogP) is 3.85. The van der Waals surface area contributed by atoms with Gasteiger partial charge in [-0.25, -0.2) is 9.59 Å². The summed E-state index contributed by atoms with van der Waals surface area (Å²) in [7, 11) is 0. The lowest BCUT2D eigenvalue weighted by Crippen LogP contribution is -2.14. The Bertz CT molecular complexity index is 627. The van der Waals surface area contributed by atoms with Crippen LogP contribution in [0.5, 0.6) is 0 Å². The van der Waals surface area contributed by atoms with Crippen LogP contribution in [-0.4, -0.2) is 17.2 Å². The molecule has 0 atom stereocenters. The highest BCUT2D eigenvalue weighted by molar-refractivity contribution is 7.18. The molecule has 1 aromatic heterocycles. The van der Waals surface area contributed by atoms with Crippen LogP contribution in [0.3, 0.4) is 0 Å². The van der Waals surface area contributed by atoms with Crippen molar-refractivity contribution in [2.45, 2.75) is 6.61 Å². The van der Waals surface area contributed by atoms with E-state index < -0.39 is 12.1 Å². The van der Waals surface area contributed by atoms with E-state index in [4.69, 9.17) is 21.4 Å². The Balaban J connectivity index is 1.96. The molecular weight excluding hydrogens is 302 g/mol. The van der Waals surface area contributed by atoms with E-state index in [1.807, 2.05) is 30.3 Å². The summed E-state index contributed by atoms with van der Waals surface area (Å²) in [5.41, 5.74) is 0.968. The van der Waals surface area contributed by atoms with Gasteiger partial charge in [0, 0.05) is 0 Å². The van der Waals surface area contributed by atoms with E-state index in [2.05, 4.69) is 5.32 Å². The monoisotopic (exact) mass is 311 g/mol. The van der Waals surface area contributed by atoms with Crippen molar-refractivity contribution in [3.8, 4) is 0 Å². The summed E-state index contributed by atoms with van der Waals surface area (Å²) in [5.74, 6) is -1.15. The number of amides is 1. The van der Waals surface area contributed by atoms with Gasteiger partial charge < -0.3 is 9.84 Å². The number of carbonyl (C=O) groups is 2. The number of aromatic carboxylic acids is 1. The van der Waals surface area contributed by atoms with Crippen LogP contribution in [0.1, 0.15) is 15.2 Å². The Labute approximate surface area is 123 Å². The van der Waals surface area contributed by atoms with Crippen molar-refractivity contribution in [1.82, 2.24) is 0 Å². The second-order valence-electron chi connectivity index (χ2n) is 3.79. The molecule has 0 saturated heterocycles. The molecule has 7 heteroatoms. The summed E-state index contributed by atoms with van der Waals surface area (Å²) < 4.78 is 5.27. The number of carboxylic acid groups (broad SMARTS) is 1. The first-order valence-electron chi connectivity index (χ1n) is 5.56. The van der Waals surface area contributed by atoms with Crippen molar-refractivity contribution in [3.05, 3.63) is 51.2 Å². The van der Waals surface area contributed by atoms with Crippen molar-refractivity contribution in [1.29, 1.82) is 0 Å². The second kappa shape index (κ2) is 6.40. The zero-order valence-electron chi connectivity index (χ0n) is 10.1. The maximum Gasteiger partial charge on any atom is 0.412 e. The fraction of sp³-hybridized carbons (Fsp3) is 0.0769. The number of hydrogen-bond acceptors (Lipinski definition) is 4. The third-order valence-corrected chi connectivity index (χ3v) is 3.60. The molecule has 1 amide bonds. The van der Waals surface area contributed by atoms with Crippen LogP contribution in [0.15, 0.2) is 36.4 Å². The maximum absolute atomic E-state index is 11.6. The average molecular weight is 312 g/mol. The summed E-state index contributed by atoms with van der Waals surface area (Å²) in [6.45, 7) is 0.104. The third-order valence-electron chi connectivity index (χ3n) is 2.35. The number of carboxylic acids is 1. The molecule has 0 radical (unpaired) electrons. The highest BCUT2D eigenvalue weighted by Crippen LogP contribution is 2.31. The minimum absolute atomic E-state index is 0.0355. The molecule has 2 rings (SSSR count). The molecule has 104 valence electrons. The number of halogens is 1. The van der Waals surface area contributed by atoms with Gasteiger partial charge in [-0.15, -0.1) is 11.3 Å². The van der Waals surface area contributed by atoms with Crippen LogP contribution < -0.4 is 5.32 Å². The SMILES string of the molecule is O=C(Nc1cc(Cl)sc1C(=O)O)OCc1ccccc1. The lowest BCUT2D eigenvalue weighted by Gasteiger charge is -2.06. The first kappa shape index (κ1) is 14.4. The Hall–Kier alpha value is -2.05. The molecule has 20 heavy (non-hydrogen) atoms. The Morgan fingerprint density at radius 1 is 1.30 bits per heavy atom. The van der Waals surface area contributed by atoms with Crippen LogP contribution in [0.2, 0.25) is 4.34 Å². The van der Waals surface area contributed by atoms with Gasteiger partial charge in [-0.05, 0) is 11.6 Å². The molecule has 1 heterocycles. The molecule has 0 fully saturated rings. The van der Waals surface area contributed by atoms with Gasteiger partial charge in [0.25, 0.3) is 0 Å². The smallest absolute Gasteiger partial charge is 0.412 e. The van der Waals surface area contributed by atoms with Gasteiger partial charge >= 0.3 is 12.1 Å². The number of ether oxygens (including phenoxy) is 1. The lowest BCUT2D eigenvalue weighted by atomic mass is 10.2. The predicted molar refractivity (Wildman–Crippen MR) is 76.5 cm³/mol. The molecule has 5 nitrogen and oxygen atoms in total. The van der Waals surface area contributed by atoms with Crippen molar-refractivity contribution >= 4 is 40.7 Å². The summed E-state index contributed by atoms with van der Waals surface area (Å²) in [6, 6.07) is 10.5. The van der Waals surface area contributed by atoms with E-state index in [1.165, 1.54) is 6.07 Å². The van der Waals surface area contributed by atoms with Gasteiger partial charge in [0.15, 0.2) is 0 Å². The van der Waals surface area contributed by atoms with Gasteiger partial charge in [0.05, 0.1) is 10.0 Å². The summed E-state index contributed by atoms with van der Waals surface area (Å²) >= 11 is 6.60. The standard InChI is InChI=1S/C13H10ClNO4S/c14-10-6-9(11(20-10)12(16)17)15-13(18)19-7-8-4-2-1-3-5-8/h1-6H,7H2,(H,15,18)(H,16,17). The van der Waals surface area contributed by atoms with E-state index in [9.17, 15) is 9.59 Å². The molecule has 0 aliphatic heterocycles. The molecule has 0 spiro atoms. The fourth-order valence-corrected chi connectivity index (χ4v) is 2.50. The summed E-state index contributed by atoms with van der Waals surface area (Å²) in [4.78, 5) is 22.5.